The summed E-state index contributed by atoms with van der Waals surface area (Å²) in [6.07, 6.45) is 0. The van der Waals surface area contributed by atoms with Crippen molar-refractivity contribution in [3.63, 3.8) is 0 Å². The van der Waals surface area contributed by atoms with E-state index in [1.807, 2.05) is 0 Å². The Morgan fingerprint density at radius 1 is 0.636 bits per heavy atom. The van der Waals surface area contributed by atoms with Gasteiger partial charge in [-0.05, 0) is 12.1 Å². The molecule has 0 amide bonds. The van der Waals surface area contributed by atoms with Gasteiger partial charge in [-0.2, -0.15) is 0 Å². The Hall–Kier alpha value is 0.440. The molecule has 0 aliphatic carbocycles. The van der Waals surface area contributed by atoms with Crippen LogP contribution in [0.5, 0.6) is 0 Å². The third-order valence-corrected chi connectivity index (χ3v) is 4.17. The van der Waals surface area contributed by atoms with Crippen LogP contribution in [-0.2, 0) is 20.2 Å². The van der Waals surface area contributed by atoms with Crippen LogP contribution in [0.25, 0.3) is 10.8 Å². The topological polar surface area (TPSA) is 177 Å². The van der Waals surface area contributed by atoms with E-state index in [0.717, 1.165) is 12.1 Å². The molecule has 0 aromatic heterocycles. The smallest absolute Gasteiger partial charge is 0.744 e. The van der Waals surface area contributed by atoms with Gasteiger partial charge in [0.15, 0.2) is 0 Å². The van der Waals surface area contributed by atoms with Gasteiger partial charge in [0.25, 0.3) is 0 Å². The van der Waals surface area contributed by atoms with Crippen molar-refractivity contribution < 1.29 is 96.0 Å². The molecule has 0 heterocycles. The molecule has 2 aromatic carbocycles. The van der Waals surface area contributed by atoms with E-state index in [9.17, 15) is 25.9 Å². The first-order valence-corrected chi connectivity index (χ1v) is 7.46. The summed E-state index contributed by atoms with van der Waals surface area (Å²) >= 11 is 0. The van der Waals surface area contributed by atoms with Crippen molar-refractivity contribution in [1.82, 2.24) is 0 Å². The standard InChI is InChI=1S/C10H8O6S2.2Na.2H2O/c11-17(12,13)9-5-1-3-7-8(9)4-2-6-10(7)18(14,15)16;;;;/h1-6H,(H,11,12,13)(H,14,15,16);;;2*1H2/q;2*+1;;/p-2. The van der Waals surface area contributed by atoms with E-state index in [4.69, 9.17) is 0 Å². The molecular formula is C10H10Na2O8S2. The molecule has 0 saturated heterocycles. The van der Waals surface area contributed by atoms with Crippen LogP contribution in [0.4, 0.5) is 0 Å². The maximum absolute atomic E-state index is 11.0. The van der Waals surface area contributed by atoms with Crippen LogP contribution in [0.3, 0.4) is 0 Å². The Bertz CT molecular complexity index is 762. The first-order valence-electron chi connectivity index (χ1n) is 4.65. The normalized spacial score (nSPS) is 10.5. The molecule has 0 fully saturated rings. The monoisotopic (exact) mass is 368 g/mol. The number of hydrogen-bond donors (Lipinski definition) is 0. The molecule has 8 nitrogen and oxygen atoms in total. The first kappa shape index (κ1) is 27.3. The fourth-order valence-electron chi connectivity index (χ4n) is 1.69. The molecule has 2 aromatic rings. The Morgan fingerprint density at radius 3 is 1.14 bits per heavy atom. The van der Waals surface area contributed by atoms with Gasteiger partial charge >= 0.3 is 59.1 Å². The minimum atomic E-state index is -4.74. The zero-order valence-corrected chi connectivity index (χ0v) is 17.4. The van der Waals surface area contributed by atoms with Gasteiger partial charge in [0, 0.05) is 10.8 Å². The van der Waals surface area contributed by atoms with Gasteiger partial charge < -0.3 is 20.1 Å². The molecule has 0 aliphatic rings. The van der Waals surface area contributed by atoms with Crippen LogP contribution in [0.15, 0.2) is 46.2 Å². The van der Waals surface area contributed by atoms with Crippen LogP contribution in [-0.4, -0.2) is 36.9 Å². The van der Waals surface area contributed by atoms with E-state index in [-0.39, 0.29) is 80.8 Å². The first-order chi connectivity index (χ1) is 8.21. The van der Waals surface area contributed by atoms with Gasteiger partial charge in [0.1, 0.15) is 20.2 Å². The largest absolute Gasteiger partial charge is 1.00 e. The summed E-state index contributed by atoms with van der Waals surface area (Å²) in [6.45, 7) is 0. The Balaban J connectivity index is -0.000000902. The summed E-state index contributed by atoms with van der Waals surface area (Å²) in [7, 11) is -9.48. The predicted octanol–water partition coefficient (Wildman–Crippen LogP) is -6.99. The van der Waals surface area contributed by atoms with Gasteiger partial charge in [0.2, 0.25) is 0 Å². The number of fused-ring (bicyclic) bond motifs is 1. The van der Waals surface area contributed by atoms with Crippen molar-refractivity contribution in [3.05, 3.63) is 36.4 Å². The van der Waals surface area contributed by atoms with E-state index in [0.29, 0.717) is 0 Å². The second-order valence-electron chi connectivity index (χ2n) is 3.52. The third kappa shape index (κ3) is 5.82. The molecule has 0 unspecified atom stereocenters. The SMILES string of the molecule is O.O.O=S(=O)([O-])c1cccc2c(S(=O)(=O)[O-])cccc12.[Na+].[Na+]. The summed E-state index contributed by atoms with van der Waals surface area (Å²) in [5.41, 5.74) is 0. The Morgan fingerprint density at radius 2 is 0.909 bits per heavy atom. The zero-order valence-electron chi connectivity index (χ0n) is 11.7. The summed E-state index contributed by atoms with van der Waals surface area (Å²) < 4.78 is 66.1. The van der Waals surface area contributed by atoms with E-state index in [1.54, 1.807) is 0 Å². The third-order valence-electron chi connectivity index (χ3n) is 2.38. The fraction of sp³-hybridized carbons (Fsp3) is 0. The average molecular weight is 368 g/mol. The quantitative estimate of drug-likeness (QED) is 0.375. The van der Waals surface area contributed by atoms with E-state index in [2.05, 4.69) is 0 Å². The number of hydrogen-bond acceptors (Lipinski definition) is 6. The minimum Gasteiger partial charge on any atom is -0.744 e. The van der Waals surface area contributed by atoms with Gasteiger partial charge in [-0.25, -0.2) is 16.8 Å². The zero-order chi connectivity index (χ0) is 13.6. The van der Waals surface area contributed by atoms with Crippen LogP contribution < -0.4 is 59.1 Å². The second kappa shape index (κ2) is 9.67. The number of rotatable bonds is 2. The molecular weight excluding hydrogens is 358 g/mol. The maximum Gasteiger partial charge on any atom is 1.00 e. The van der Waals surface area contributed by atoms with Gasteiger partial charge in [-0.1, -0.05) is 24.3 Å². The molecule has 0 radical (unpaired) electrons. The van der Waals surface area contributed by atoms with Crippen molar-refractivity contribution in [2.75, 3.05) is 0 Å². The molecule has 0 atom stereocenters. The molecule has 22 heavy (non-hydrogen) atoms. The summed E-state index contributed by atoms with van der Waals surface area (Å²) in [5.74, 6) is 0. The van der Waals surface area contributed by atoms with E-state index < -0.39 is 30.0 Å². The molecule has 0 bridgehead atoms. The van der Waals surface area contributed by atoms with Crippen molar-refractivity contribution in [2.24, 2.45) is 0 Å². The minimum absolute atomic E-state index is 0. The molecule has 2 rings (SSSR count). The average Bonchev–Trinajstić information content (AvgIpc) is 2.24. The van der Waals surface area contributed by atoms with Crippen LogP contribution in [0, 0.1) is 0 Å². The van der Waals surface area contributed by atoms with Gasteiger partial charge in [0.05, 0.1) is 9.79 Å². The molecule has 0 saturated carbocycles. The maximum atomic E-state index is 11.0. The van der Waals surface area contributed by atoms with Gasteiger partial charge in [-0.3, -0.25) is 0 Å². The molecule has 0 aliphatic heterocycles. The molecule has 4 N–H and O–H groups in total. The van der Waals surface area contributed by atoms with Gasteiger partial charge in [-0.15, -0.1) is 0 Å². The molecule has 12 heteroatoms. The van der Waals surface area contributed by atoms with Crippen LogP contribution in [0.2, 0.25) is 0 Å². The summed E-state index contributed by atoms with van der Waals surface area (Å²) in [4.78, 5) is -1.10. The Labute approximate surface area is 171 Å². The van der Waals surface area contributed by atoms with Crippen molar-refractivity contribution in [3.8, 4) is 0 Å². The summed E-state index contributed by atoms with van der Waals surface area (Å²) in [5, 5.41) is -0.158. The predicted molar refractivity (Wildman–Crippen MR) is 67.1 cm³/mol. The van der Waals surface area contributed by atoms with Crippen LogP contribution in [0.1, 0.15) is 0 Å². The molecule has 0 spiro atoms. The second-order valence-corrected chi connectivity index (χ2v) is 6.21. The van der Waals surface area contributed by atoms with E-state index in [1.165, 1.54) is 24.3 Å². The van der Waals surface area contributed by atoms with Crippen molar-refractivity contribution in [2.45, 2.75) is 9.79 Å². The summed E-state index contributed by atoms with van der Waals surface area (Å²) in [6, 6.07) is 7.09. The van der Waals surface area contributed by atoms with Crippen LogP contribution >= 0.6 is 0 Å². The number of benzene rings is 2. The Kier molecular flexibility index (Phi) is 12.0. The van der Waals surface area contributed by atoms with Crippen molar-refractivity contribution >= 4 is 31.0 Å². The molecule has 112 valence electrons. The van der Waals surface area contributed by atoms with E-state index >= 15 is 0 Å². The van der Waals surface area contributed by atoms with Crippen molar-refractivity contribution in [1.29, 1.82) is 0 Å². The fourth-order valence-corrected chi connectivity index (χ4v) is 3.07.